The van der Waals surface area contributed by atoms with Crippen molar-refractivity contribution >= 4 is 17.3 Å². The van der Waals surface area contributed by atoms with Gasteiger partial charge in [-0.05, 0) is 61.6 Å². The molecule has 3 heterocycles. The van der Waals surface area contributed by atoms with Crippen molar-refractivity contribution in [1.82, 2.24) is 19.7 Å². The summed E-state index contributed by atoms with van der Waals surface area (Å²) in [5.74, 6) is 0.625. The molecule has 39 heavy (non-hydrogen) atoms. The highest BCUT2D eigenvalue weighted by Crippen LogP contribution is 2.57. The van der Waals surface area contributed by atoms with E-state index < -0.39 is 17.6 Å². The summed E-state index contributed by atoms with van der Waals surface area (Å²) in [6.07, 6.45) is -1.28. The first-order chi connectivity index (χ1) is 18.6. The van der Waals surface area contributed by atoms with E-state index in [1.807, 2.05) is 18.2 Å². The molecule has 11 heteroatoms. The van der Waals surface area contributed by atoms with Gasteiger partial charge in [-0.1, -0.05) is 17.7 Å². The number of nitrogens with zero attached hydrogens (tertiary/aromatic N) is 6. The normalized spacial score (nSPS) is 21.4. The minimum Gasteiger partial charge on any atom is -0.368 e. The van der Waals surface area contributed by atoms with Gasteiger partial charge in [0.05, 0.1) is 35.0 Å². The van der Waals surface area contributed by atoms with Gasteiger partial charge in [-0.15, -0.1) is 10.2 Å². The molecular weight excluding hydrogens is 532 g/mol. The van der Waals surface area contributed by atoms with Crippen LogP contribution in [0, 0.1) is 28.0 Å². The predicted molar refractivity (Wildman–Crippen MR) is 136 cm³/mol. The molecule has 0 unspecified atom stereocenters. The number of fused-ring (bicyclic) bond motifs is 3. The zero-order chi connectivity index (χ0) is 27.2. The average Bonchev–Trinajstić information content (AvgIpc) is 3.52. The van der Waals surface area contributed by atoms with Gasteiger partial charge in [-0.3, -0.25) is 9.47 Å². The van der Waals surface area contributed by atoms with Gasteiger partial charge >= 0.3 is 6.18 Å². The molecule has 2 aromatic carbocycles. The van der Waals surface area contributed by atoms with Crippen molar-refractivity contribution in [3.8, 4) is 11.8 Å². The van der Waals surface area contributed by atoms with Crippen LogP contribution in [0.2, 0.25) is 5.02 Å². The van der Waals surface area contributed by atoms with Crippen LogP contribution in [-0.4, -0.2) is 39.3 Å². The Hall–Kier alpha value is -3.16. The lowest BCUT2D eigenvalue weighted by Crippen LogP contribution is -2.62. The van der Waals surface area contributed by atoms with Gasteiger partial charge in [0.15, 0.2) is 11.6 Å². The Morgan fingerprint density at radius 1 is 1.05 bits per heavy atom. The van der Waals surface area contributed by atoms with Crippen molar-refractivity contribution in [2.24, 2.45) is 10.8 Å². The van der Waals surface area contributed by atoms with E-state index >= 15 is 0 Å². The fourth-order valence-electron chi connectivity index (χ4n) is 6.69. The molecule has 1 spiro atoms. The van der Waals surface area contributed by atoms with Gasteiger partial charge in [-0.2, -0.15) is 18.4 Å². The molecule has 2 saturated carbocycles. The molecular formula is C28H25ClF4N6. The summed E-state index contributed by atoms with van der Waals surface area (Å²) >= 11 is 6.36. The van der Waals surface area contributed by atoms with Crippen molar-refractivity contribution in [1.29, 1.82) is 5.26 Å². The predicted octanol–water partition coefficient (Wildman–Crippen LogP) is 6.08. The van der Waals surface area contributed by atoms with Gasteiger partial charge in [0, 0.05) is 42.5 Å². The van der Waals surface area contributed by atoms with Crippen LogP contribution in [0.15, 0.2) is 36.4 Å². The zero-order valence-corrected chi connectivity index (χ0v) is 21.7. The Labute approximate surface area is 227 Å². The molecule has 3 aromatic rings. The maximum absolute atomic E-state index is 14.7. The molecule has 6 nitrogen and oxygen atoms in total. The van der Waals surface area contributed by atoms with Crippen LogP contribution in [0.5, 0.6) is 0 Å². The number of anilines is 1. The second kappa shape index (κ2) is 8.42. The van der Waals surface area contributed by atoms with E-state index in [9.17, 15) is 22.8 Å². The van der Waals surface area contributed by atoms with Crippen LogP contribution < -0.4 is 4.90 Å². The summed E-state index contributed by atoms with van der Waals surface area (Å²) in [7, 11) is 0. The minimum absolute atomic E-state index is 0.00643. The van der Waals surface area contributed by atoms with Crippen LogP contribution in [0.4, 0.5) is 23.2 Å². The molecule has 202 valence electrons. The number of rotatable bonds is 4. The number of benzene rings is 2. The molecule has 2 aliphatic carbocycles. The van der Waals surface area contributed by atoms with Crippen LogP contribution in [0.1, 0.15) is 54.4 Å². The first-order valence-electron chi connectivity index (χ1n) is 13.1. The summed E-state index contributed by atoms with van der Waals surface area (Å²) in [6.45, 7) is 2.93. The number of nitriles is 1. The summed E-state index contributed by atoms with van der Waals surface area (Å²) < 4.78 is 56.3. The fourth-order valence-corrected chi connectivity index (χ4v) is 6.89. The molecule has 2 aliphatic heterocycles. The molecule has 7 rings (SSSR count). The van der Waals surface area contributed by atoms with Gasteiger partial charge in [0.2, 0.25) is 0 Å². The Morgan fingerprint density at radius 2 is 1.82 bits per heavy atom. The van der Waals surface area contributed by atoms with Crippen LogP contribution >= 0.6 is 11.6 Å². The molecule has 1 saturated heterocycles. The molecule has 0 bridgehead atoms. The van der Waals surface area contributed by atoms with Crippen molar-refractivity contribution in [2.75, 3.05) is 24.5 Å². The highest BCUT2D eigenvalue weighted by molar-refractivity contribution is 6.30. The van der Waals surface area contributed by atoms with Gasteiger partial charge in [0.25, 0.3) is 0 Å². The summed E-state index contributed by atoms with van der Waals surface area (Å²) in [6, 6.07) is 11.7. The van der Waals surface area contributed by atoms with E-state index in [1.165, 1.54) is 12.1 Å². The molecule has 3 fully saturated rings. The average molecular weight is 557 g/mol. The third-order valence-electron chi connectivity index (χ3n) is 8.81. The van der Waals surface area contributed by atoms with Crippen LogP contribution in [-0.2, 0) is 19.3 Å². The lowest BCUT2D eigenvalue weighted by molar-refractivity contribution is -0.139. The smallest absolute Gasteiger partial charge is 0.368 e. The Morgan fingerprint density at radius 3 is 2.51 bits per heavy atom. The first-order valence-corrected chi connectivity index (χ1v) is 13.4. The second-order valence-corrected chi connectivity index (χ2v) is 12.2. The third-order valence-corrected chi connectivity index (χ3v) is 9.05. The van der Waals surface area contributed by atoms with E-state index in [-0.39, 0.29) is 22.4 Å². The summed E-state index contributed by atoms with van der Waals surface area (Å²) in [4.78, 5) is 3.95. The highest BCUT2D eigenvalue weighted by Gasteiger charge is 2.55. The number of halogens is 5. The summed E-state index contributed by atoms with van der Waals surface area (Å²) in [5.41, 5.74) is 0.468. The van der Waals surface area contributed by atoms with E-state index in [1.54, 1.807) is 4.90 Å². The minimum atomic E-state index is -4.72. The number of hydrogen-bond acceptors (Lipinski definition) is 5. The van der Waals surface area contributed by atoms with Gasteiger partial charge in [-0.25, -0.2) is 4.39 Å². The topological polar surface area (TPSA) is 61.0 Å². The summed E-state index contributed by atoms with van der Waals surface area (Å²) in [5, 5.41) is 19.4. The highest BCUT2D eigenvalue weighted by atomic mass is 35.5. The number of aromatic nitrogens is 3. The fraction of sp³-hybridized carbons (Fsp3) is 0.464. The van der Waals surface area contributed by atoms with Crippen molar-refractivity contribution in [2.45, 2.75) is 50.9 Å². The van der Waals surface area contributed by atoms with Crippen LogP contribution in [0.3, 0.4) is 0 Å². The maximum atomic E-state index is 14.7. The molecule has 0 N–H and O–H groups in total. The Bertz CT molecular complexity index is 1510. The van der Waals surface area contributed by atoms with E-state index in [0.717, 1.165) is 54.6 Å². The van der Waals surface area contributed by atoms with Crippen molar-refractivity contribution < 1.29 is 17.6 Å². The molecule has 1 aromatic heterocycles. The second-order valence-electron chi connectivity index (χ2n) is 11.7. The standard InChI is InChI=1S/C28H25ClF4N6/c29-19-4-5-21-17(8-19)11-37(14-26(13-34)6-7-26)12-23-35-36-25(39(21)23)18-9-27(10-18)15-38(16-27)22-3-1-2-20(24(22)30)28(31,32)33/h1-5,8,18H,6-7,9-12,14-16H2. The van der Waals surface area contributed by atoms with Crippen molar-refractivity contribution in [3.05, 3.63) is 70.0 Å². The van der Waals surface area contributed by atoms with Crippen molar-refractivity contribution in [3.63, 3.8) is 0 Å². The maximum Gasteiger partial charge on any atom is 0.419 e. The Balaban J connectivity index is 1.11. The quantitative estimate of drug-likeness (QED) is 0.364. The van der Waals surface area contributed by atoms with Gasteiger partial charge < -0.3 is 4.90 Å². The van der Waals surface area contributed by atoms with E-state index in [2.05, 4.69) is 25.7 Å². The van der Waals surface area contributed by atoms with Gasteiger partial charge in [0.1, 0.15) is 5.82 Å². The molecule has 4 aliphatic rings. The molecule has 0 radical (unpaired) electrons. The number of alkyl halides is 3. The molecule has 0 amide bonds. The van der Waals surface area contributed by atoms with E-state index in [4.69, 9.17) is 11.6 Å². The lowest BCUT2D eigenvalue weighted by Gasteiger charge is -2.59. The first kappa shape index (κ1) is 24.9. The Kier molecular flexibility index (Phi) is 5.36. The SMILES string of the molecule is N#CC1(CN2Cc3cc(Cl)ccc3-n3c(nnc3C3CC4(C3)CN(c3cccc(C(F)(F)F)c3F)C4)C2)CC1. The zero-order valence-electron chi connectivity index (χ0n) is 21.0. The third kappa shape index (κ3) is 4.09. The lowest BCUT2D eigenvalue weighted by atomic mass is 9.57. The monoisotopic (exact) mass is 556 g/mol. The van der Waals surface area contributed by atoms with Crippen LogP contribution in [0.25, 0.3) is 5.69 Å². The van der Waals surface area contributed by atoms with E-state index in [0.29, 0.717) is 37.7 Å². The number of hydrogen-bond donors (Lipinski definition) is 0. The molecule has 0 atom stereocenters. The largest absolute Gasteiger partial charge is 0.419 e.